The van der Waals surface area contributed by atoms with Crippen LogP contribution in [0.4, 0.5) is 0 Å². The summed E-state index contributed by atoms with van der Waals surface area (Å²) in [5.74, 6) is 1.80. The van der Waals surface area contributed by atoms with Gasteiger partial charge >= 0.3 is 0 Å². The number of rotatable bonds is 7. The molecule has 0 saturated heterocycles. The Morgan fingerprint density at radius 3 is 2.59 bits per heavy atom. The molecule has 0 aliphatic heterocycles. The molecule has 1 amide bonds. The van der Waals surface area contributed by atoms with Gasteiger partial charge in [-0.3, -0.25) is 4.79 Å². The quantitative estimate of drug-likeness (QED) is 0.672. The first-order valence-corrected chi connectivity index (χ1v) is 9.11. The molecule has 0 aliphatic rings. The van der Waals surface area contributed by atoms with Crippen molar-refractivity contribution in [1.82, 2.24) is 10.3 Å². The van der Waals surface area contributed by atoms with E-state index in [1.807, 2.05) is 42.5 Å². The van der Waals surface area contributed by atoms with Gasteiger partial charge in [0.15, 0.2) is 11.5 Å². The Labute approximate surface area is 161 Å². The molecule has 140 valence electrons. The summed E-state index contributed by atoms with van der Waals surface area (Å²) in [7, 11) is 4.79. The van der Waals surface area contributed by atoms with Gasteiger partial charge in [-0.05, 0) is 35.9 Å². The Bertz CT molecular complexity index is 939. The van der Waals surface area contributed by atoms with Crippen LogP contribution in [0.2, 0.25) is 0 Å². The van der Waals surface area contributed by atoms with Crippen LogP contribution >= 0.6 is 11.3 Å². The maximum atomic E-state index is 12.4. The molecule has 0 saturated carbocycles. The molecule has 3 aromatic rings. The van der Waals surface area contributed by atoms with Crippen molar-refractivity contribution < 1.29 is 19.0 Å². The van der Waals surface area contributed by atoms with Gasteiger partial charge in [0.05, 0.1) is 21.3 Å². The highest BCUT2D eigenvalue weighted by molar-refractivity contribution is 7.13. The van der Waals surface area contributed by atoms with E-state index in [1.165, 1.54) is 11.3 Å². The van der Waals surface area contributed by atoms with Crippen molar-refractivity contribution in [2.75, 3.05) is 21.3 Å². The minimum Gasteiger partial charge on any atom is -0.497 e. The third kappa shape index (κ3) is 4.38. The normalized spacial score (nSPS) is 10.3. The highest BCUT2D eigenvalue weighted by Crippen LogP contribution is 2.33. The molecule has 0 unspecified atom stereocenters. The number of hydrogen-bond acceptors (Lipinski definition) is 6. The summed E-state index contributed by atoms with van der Waals surface area (Å²) in [6, 6.07) is 13.1. The van der Waals surface area contributed by atoms with Gasteiger partial charge in [0.2, 0.25) is 0 Å². The number of ether oxygens (including phenoxy) is 3. The van der Waals surface area contributed by atoms with Gasteiger partial charge in [0.25, 0.3) is 5.91 Å². The minimum absolute atomic E-state index is 0.221. The Hall–Kier alpha value is -3.06. The first kappa shape index (κ1) is 18.7. The third-order valence-corrected chi connectivity index (χ3v) is 4.85. The van der Waals surface area contributed by atoms with E-state index < -0.39 is 0 Å². The zero-order valence-electron chi connectivity index (χ0n) is 15.3. The Morgan fingerprint density at radius 1 is 1.04 bits per heavy atom. The van der Waals surface area contributed by atoms with E-state index in [0.717, 1.165) is 21.9 Å². The van der Waals surface area contributed by atoms with Crippen LogP contribution in [0.15, 0.2) is 47.8 Å². The molecular formula is C20H20N2O4S. The van der Waals surface area contributed by atoms with E-state index in [4.69, 9.17) is 14.2 Å². The second-order valence-electron chi connectivity index (χ2n) is 5.64. The lowest BCUT2D eigenvalue weighted by Gasteiger charge is -2.08. The molecule has 0 radical (unpaired) electrons. The number of aromatic nitrogens is 1. The number of thiazole rings is 1. The van der Waals surface area contributed by atoms with E-state index in [9.17, 15) is 4.79 Å². The largest absolute Gasteiger partial charge is 0.497 e. The van der Waals surface area contributed by atoms with Crippen molar-refractivity contribution in [1.29, 1.82) is 0 Å². The minimum atomic E-state index is -0.221. The average molecular weight is 384 g/mol. The average Bonchev–Trinajstić information content (AvgIpc) is 3.22. The summed E-state index contributed by atoms with van der Waals surface area (Å²) < 4.78 is 15.8. The fourth-order valence-corrected chi connectivity index (χ4v) is 3.33. The number of amides is 1. The van der Waals surface area contributed by atoms with Gasteiger partial charge in [-0.1, -0.05) is 12.1 Å². The third-order valence-electron chi connectivity index (χ3n) is 3.95. The van der Waals surface area contributed by atoms with Crippen LogP contribution in [-0.4, -0.2) is 32.2 Å². The lowest BCUT2D eigenvalue weighted by atomic mass is 10.2. The van der Waals surface area contributed by atoms with E-state index in [-0.39, 0.29) is 5.91 Å². The van der Waals surface area contributed by atoms with Gasteiger partial charge in [0, 0.05) is 17.5 Å². The van der Waals surface area contributed by atoms with Crippen LogP contribution in [0.25, 0.3) is 10.6 Å². The van der Waals surface area contributed by atoms with Gasteiger partial charge in [-0.15, -0.1) is 11.3 Å². The standard InChI is InChI=1S/C20H20N2O4S/c1-24-15-6-4-5-13(9-15)11-21-19(23)16-12-27-20(22-16)14-7-8-17(25-2)18(10-14)26-3/h4-10,12H,11H2,1-3H3,(H,21,23). The van der Waals surface area contributed by atoms with Crippen molar-refractivity contribution in [3.05, 3.63) is 59.1 Å². The Balaban J connectivity index is 1.70. The van der Waals surface area contributed by atoms with Gasteiger partial charge < -0.3 is 19.5 Å². The molecule has 0 fully saturated rings. The van der Waals surface area contributed by atoms with Crippen LogP contribution in [0.3, 0.4) is 0 Å². The van der Waals surface area contributed by atoms with E-state index in [2.05, 4.69) is 10.3 Å². The van der Waals surface area contributed by atoms with Crippen molar-refractivity contribution >= 4 is 17.2 Å². The van der Waals surface area contributed by atoms with Crippen LogP contribution in [0, 0.1) is 0 Å². The molecular weight excluding hydrogens is 364 g/mol. The smallest absolute Gasteiger partial charge is 0.271 e. The number of methoxy groups -OCH3 is 3. The molecule has 0 spiro atoms. The lowest BCUT2D eigenvalue weighted by Crippen LogP contribution is -2.23. The van der Waals surface area contributed by atoms with E-state index in [0.29, 0.717) is 23.7 Å². The van der Waals surface area contributed by atoms with Gasteiger partial charge in [-0.25, -0.2) is 4.98 Å². The summed E-state index contributed by atoms with van der Waals surface area (Å²) in [6.45, 7) is 0.402. The molecule has 27 heavy (non-hydrogen) atoms. The molecule has 2 aromatic carbocycles. The first-order chi connectivity index (χ1) is 13.1. The zero-order chi connectivity index (χ0) is 19.2. The summed E-state index contributed by atoms with van der Waals surface area (Å²) in [6.07, 6.45) is 0. The Kier molecular flexibility index (Phi) is 5.93. The Morgan fingerprint density at radius 2 is 1.85 bits per heavy atom. The number of nitrogens with one attached hydrogen (secondary N) is 1. The summed E-state index contributed by atoms with van der Waals surface area (Å²) in [5, 5.41) is 5.36. The lowest BCUT2D eigenvalue weighted by molar-refractivity contribution is 0.0946. The molecule has 0 bridgehead atoms. The number of benzene rings is 2. The zero-order valence-corrected chi connectivity index (χ0v) is 16.1. The monoisotopic (exact) mass is 384 g/mol. The highest BCUT2D eigenvalue weighted by atomic mass is 32.1. The first-order valence-electron chi connectivity index (χ1n) is 8.23. The predicted molar refractivity (Wildman–Crippen MR) is 105 cm³/mol. The molecule has 1 heterocycles. The van der Waals surface area contributed by atoms with Gasteiger partial charge in [-0.2, -0.15) is 0 Å². The summed E-state index contributed by atoms with van der Waals surface area (Å²) in [4.78, 5) is 16.8. The highest BCUT2D eigenvalue weighted by Gasteiger charge is 2.13. The predicted octanol–water partition coefficient (Wildman–Crippen LogP) is 3.77. The molecule has 3 rings (SSSR count). The summed E-state index contributed by atoms with van der Waals surface area (Å²) >= 11 is 1.40. The van der Waals surface area contributed by atoms with Crippen LogP contribution in [0.1, 0.15) is 16.1 Å². The topological polar surface area (TPSA) is 69.7 Å². The molecule has 0 atom stereocenters. The van der Waals surface area contributed by atoms with Crippen molar-refractivity contribution in [3.8, 4) is 27.8 Å². The number of hydrogen-bond donors (Lipinski definition) is 1. The van der Waals surface area contributed by atoms with Crippen LogP contribution < -0.4 is 19.5 Å². The molecule has 0 aliphatic carbocycles. The van der Waals surface area contributed by atoms with Crippen molar-refractivity contribution in [2.45, 2.75) is 6.54 Å². The number of carbonyl (C=O) groups is 1. The van der Waals surface area contributed by atoms with Crippen LogP contribution in [0.5, 0.6) is 17.2 Å². The number of carbonyl (C=O) groups excluding carboxylic acids is 1. The second-order valence-corrected chi connectivity index (χ2v) is 6.50. The summed E-state index contributed by atoms with van der Waals surface area (Å²) in [5.41, 5.74) is 2.20. The van der Waals surface area contributed by atoms with E-state index in [1.54, 1.807) is 26.7 Å². The second kappa shape index (κ2) is 8.55. The molecule has 1 aromatic heterocycles. The molecule has 6 nitrogen and oxygen atoms in total. The van der Waals surface area contributed by atoms with Crippen molar-refractivity contribution in [3.63, 3.8) is 0 Å². The van der Waals surface area contributed by atoms with Crippen molar-refractivity contribution in [2.24, 2.45) is 0 Å². The molecule has 1 N–H and O–H groups in total. The molecule has 7 heteroatoms. The fourth-order valence-electron chi connectivity index (χ4n) is 2.54. The fraction of sp³-hybridized carbons (Fsp3) is 0.200. The van der Waals surface area contributed by atoms with Crippen LogP contribution in [-0.2, 0) is 6.54 Å². The SMILES string of the molecule is COc1cccc(CNC(=O)c2csc(-c3ccc(OC)c(OC)c3)n2)c1. The maximum absolute atomic E-state index is 12.4. The van der Waals surface area contributed by atoms with E-state index >= 15 is 0 Å². The van der Waals surface area contributed by atoms with Gasteiger partial charge in [0.1, 0.15) is 16.5 Å². The number of nitrogens with zero attached hydrogens (tertiary/aromatic N) is 1. The maximum Gasteiger partial charge on any atom is 0.271 e.